The fourth-order valence-electron chi connectivity index (χ4n) is 2.92. The summed E-state index contributed by atoms with van der Waals surface area (Å²) in [4.78, 5) is 38.3. The summed E-state index contributed by atoms with van der Waals surface area (Å²) in [7, 11) is 0. The number of carbonyl (C=O) groups excluding carboxylic acids is 3. The number of benzene rings is 3. The van der Waals surface area contributed by atoms with Crippen molar-refractivity contribution in [3.8, 4) is 5.75 Å². The monoisotopic (exact) mass is 436 g/mol. The van der Waals surface area contributed by atoms with E-state index in [1.807, 2.05) is 6.07 Å². The molecule has 1 heterocycles. The fourth-order valence-corrected chi connectivity index (χ4v) is 3.14. The van der Waals surface area contributed by atoms with E-state index in [0.29, 0.717) is 17.0 Å². The summed E-state index contributed by atoms with van der Waals surface area (Å²) in [6.07, 6.45) is 0. The second kappa shape index (κ2) is 8.41. The van der Waals surface area contributed by atoms with E-state index in [1.54, 1.807) is 36.4 Å². The Kier molecular flexibility index (Phi) is 5.51. The van der Waals surface area contributed by atoms with Gasteiger partial charge in [0.25, 0.3) is 11.8 Å². The first-order valence-corrected chi connectivity index (χ1v) is 9.50. The van der Waals surface area contributed by atoms with Crippen LogP contribution >= 0.6 is 11.6 Å². The Morgan fingerprint density at radius 2 is 1.52 bits per heavy atom. The predicted molar refractivity (Wildman–Crippen MR) is 113 cm³/mol. The van der Waals surface area contributed by atoms with Gasteiger partial charge in [-0.1, -0.05) is 29.8 Å². The third-order valence-electron chi connectivity index (χ3n) is 4.46. The molecule has 6 nitrogen and oxygen atoms in total. The van der Waals surface area contributed by atoms with Gasteiger partial charge in [0.15, 0.2) is 0 Å². The highest BCUT2D eigenvalue weighted by Crippen LogP contribution is 2.30. The number of hydrogen-bond acceptors (Lipinski definition) is 5. The van der Waals surface area contributed by atoms with Crippen molar-refractivity contribution in [1.29, 1.82) is 0 Å². The molecule has 1 aliphatic heterocycles. The number of nitrogens with zero attached hydrogens (tertiary/aromatic N) is 1. The van der Waals surface area contributed by atoms with E-state index in [0.717, 1.165) is 17.0 Å². The number of rotatable bonds is 5. The van der Waals surface area contributed by atoms with Crippen LogP contribution in [-0.4, -0.2) is 17.8 Å². The number of halogens is 2. The maximum absolute atomic E-state index is 13.2. The average Bonchev–Trinajstić information content (AvgIpc) is 2.99. The van der Waals surface area contributed by atoms with Crippen molar-refractivity contribution in [2.45, 2.75) is 0 Å². The zero-order valence-corrected chi connectivity index (χ0v) is 16.6. The van der Waals surface area contributed by atoms with Gasteiger partial charge in [-0.2, -0.15) is 0 Å². The van der Waals surface area contributed by atoms with E-state index in [-0.39, 0.29) is 16.4 Å². The van der Waals surface area contributed by atoms with Gasteiger partial charge in [0.05, 0.1) is 11.3 Å². The SMILES string of the molecule is O=C(Oc1ccccc1)c1ccc(NC2=C(Cl)C(=O)N(c3ccc(F)cc3)C2=O)cc1. The van der Waals surface area contributed by atoms with Crippen molar-refractivity contribution in [1.82, 2.24) is 0 Å². The molecule has 0 spiro atoms. The van der Waals surface area contributed by atoms with E-state index < -0.39 is 23.6 Å². The van der Waals surface area contributed by atoms with Crippen LogP contribution < -0.4 is 15.0 Å². The maximum Gasteiger partial charge on any atom is 0.343 e. The average molecular weight is 437 g/mol. The highest BCUT2D eigenvalue weighted by atomic mass is 35.5. The largest absolute Gasteiger partial charge is 0.423 e. The van der Waals surface area contributed by atoms with Gasteiger partial charge in [-0.05, 0) is 60.7 Å². The van der Waals surface area contributed by atoms with Crippen molar-refractivity contribution in [2.24, 2.45) is 0 Å². The minimum Gasteiger partial charge on any atom is -0.423 e. The molecule has 0 aromatic heterocycles. The molecule has 0 fully saturated rings. The number of hydrogen-bond donors (Lipinski definition) is 1. The Labute approximate surface area is 181 Å². The third kappa shape index (κ3) is 4.17. The zero-order valence-electron chi connectivity index (χ0n) is 15.8. The van der Waals surface area contributed by atoms with Crippen molar-refractivity contribution in [3.63, 3.8) is 0 Å². The molecule has 0 aliphatic carbocycles. The molecule has 0 bridgehead atoms. The fraction of sp³-hybridized carbons (Fsp3) is 0. The molecule has 31 heavy (non-hydrogen) atoms. The first-order chi connectivity index (χ1) is 14.9. The smallest absolute Gasteiger partial charge is 0.343 e. The topological polar surface area (TPSA) is 75.7 Å². The molecule has 2 amide bonds. The van der Waals surface area contributed by atoms with Gasteiger partial charge in [-0.25, -0.2) is 14.1 Å². The van der Waals surface area contributed by atoms with Crippen LogP contribution in [0.4, 0.5) is 15.8 Å². The molecule has 0 saturated heterocycles. The number of imide groups is 1. The van der Waals surface area contributed by atoms with Gasteiger partial charge in [0.2, 0.25) is 0 Å². The second-order valence-electron chi connectivity index (χ2n) is 6.52. The van der Waals surface area contributed by atoms with Crippen molar-refractivity contribution < 1.29 is 23.5 Å². The van der Waals surface area contributed by atoms with Crippen molar-refractivity contribution >= 4 is 40.8 Å². The molecule has 3 aromatic rings. The summed E-state index contributed by atoms with van der Waals surface area (Å²) in [5.74, 6) is -2.00. The third-order valence-corrected chi connectivity index (χ3v) is 4.81. The van der Waals surface area contributed by atoms with Crippen LogP contribution in [0.3, 0.4) is 0 Å². The standard InChI is InChI=1S/C23H14ClFN2O4/c24-19-20(22(29)27(21(19)28)17-12-8-15(25)9-13-17)26-16-10-6-14(7-11-16)23(30)31-18-4-2-1-3-5-18/h1-13,26H. The van der Waals surface area contributed by atoms with Gasteiger partial charge >= 0.3 is 5.97 Å². The van der Waals surface area contributed by atoms with Crippen LogP contribution in [0.25, 0.3) is 0 Å². The highest BCUT2D eigenvalue weighted by Gasteiger charge is 2.38. The van der Waals surface area contributed by atoms with E-state index in [4.69, 9.17) is 16.3 Å². The Morgan fingerprint density at radius 3 is 2.16 bits per heavy atom. The predicted octanol–water partition coefficient (Wildman–Crippen LogP) is 4.48. The van der Waals surface area contributed by atoms with E-state index in [1.165, 1.54) is 24.3 Å². The molecule has 1 N–H and O–H groups in total. The lowest BCUT2D eigenvalue weighted by molar-refractivity contribution is -0.120. The molecule has 4 rings (SSSR count). The Hall–Kier alpha value is -3.97. The van der Waals surface area contributed by atoms with E-state index >= 15 is 0 Å². The summed E-state index contributed by atoms with van der Waals surface area (Å²) in [5, 5.41) is 2.52. The molecule has 8 heteroatoms. The number of carbonyl (C=O) groups is 3. The number of nitrogens with one attached hydrogen (secondary N) is 1. The molecule has 0 saturated carbocycles. The number of ether oxygens (including phenoxy) is 1. The minimum absolute atomic E-state index is 0.115. The van der Waals surface area contributed by atoms with Gasteiger partial charge < -0.3 is 10.1 Å². The van der Waals surface area contributed by atoms with Crippen LogP contribution in [0, 0.1) is 5.82 Å². The highest BCUT2D eigenvalue weighted by molar-refractivity contribution is 6.53. The summed E-state index contributed by atoms with van der Waals surface area (Å²) < 4.78 is 18.4. The van der Waals surface area contributed by atoms with Crippen LogP contribution in [0.2, 0.25) is 0 Å². The Morgan fingerprint density at radius 1 is 0.871 bits per heavy atom. The first-order valence-electron chi connectivity index (χ1n) is 9.12. The molecule has 0 radical (unpaired) electrons. The van der Waals surface area contributed by atoms with E-state index in [9.17, 15) is 18.8 Å². The molecule has 3 aromatic carbocycles. The molecule has 0 unspecified atom stereocenters. The number of amides is 2. The van der Waals surface area contributed by atoms with Gasteiger partial charge in [0, 0.05) is 5.69 Å². The number of para-hydroxylation sites is 1. The zero-order chi connectivity index (χ0) is 22.0. The lowest BCUT2D eigenvalue weighted by atomic mass is 10.2. The van der Waals surface area contributed by atoms with Crippen LogP contribution in [0.5, 0.6) is 5.75 Å². The van der Waals surface area contributed by atoms with Gasteiger partial charge in [0.1, 0.15) is 22.3 Å². The normalized spacial score (nSPS) is 13.5. The van der Waals surface area contributed by atoms with E-state index in [2.05, 4.69) is 5.32 Å². The Balaban J connectivity index is 1.48. The van der Waals surface area contributed by atoms with Crippen molar-refractivity contribution in [3.05, 3.63) is 101 Å². The molecular weight excluding hydrogens is 423 g/mol. The number of anilines is 2. The first kappa shape index (κ1) is 20.3. The summed E-state index contributed by atoms with van der Waals surface area (Å²) >= 11 is 6.08. The lowest BCUT2D eigenvalue weighted by Gasteiger charge is -2.15. The maximum atomic E-state index is 13.2. The molecule has 154 valence electrons. The lowest BCUT2D eigenvalue weighted by Crippen LogP contribution is -2.32. The van der Waals surface area contributed by atoms with Crippen LogP contribution in [-0.2, 0) is 9.59 Å². The summed E-state index contributed by atoms with van der Waals surface area (Å²) in [6.45, 7) is 0. The second-order valence-corrected chi connectivity index (χ2v) is 6.89. The molecule has 1 aliphatic rings. The summed E-state index contributed by atoms with van der Waals surface area (Å²) in [5.41, 5.74) is 0.823. The number of esters is 1. The quantitative estimate of drug-likeness (QED) is 0.362. The Bertz CT molecular complexity index is 1190. The van der Waals surface area contributed by atoms with Crippen LogP contribution in [0.1, 0.15) is 10.4 Å². The molecular formula is C23H14ClFN2O4. The van der Waals surface area contributed by atoms with Gasteiger partial charge in [-0.3, -0.25) is 9.59 Å². The summed E-state index contributed by atoms with van der Waals surface area (Å²) in [6, 6.07) is 19.7. The van der Waals surface area contributed by atoms with Crippen molar-refractivity contribution in [2.75, 3.05) is 10.2 Å². The van der Waals surface area contributed by atoms with Crippen LogP contribution in [0.15, 0.2) is 89.6 Å². The minimum atomic E-state index is -0.719. The van der Waals surface area contributed by atoms with Gasteiger partial charge in [-0.15, -0.1) is 0 Å². The molecule has 0 atom stereocenters.